The van der Waals surface area contributed by atoms with Gasteiger partial charge in [0.2, 0.25) is 0 Å². The monoisotopic (exact) mass is 380 g/mol. The first kappa shape index (κ1) is 18.4. The van der Waals surface area contributed by atoms with Crippen LogP contribution < -0.4 is 0 Å². The number of aromatic nitrogens is 3. The molecule has 3 heterocycles. The molecule has 1 aromatic carbocycles. The number of fused-ring (bicyclic) bond motifs is 1. The van der Waals surface area contributed by atoms with Crippen molar-refractivity contribution in [2.45, 2.75) is 51.0 Å². The second kappa shape index (κ2) is 7.59. The molecule has 0 N–H and O–H groups in total. The molecule has 0 radical (unpaired) electrons. The first-order valence-electron chi connectivity index (χ1n) is 9.42. The Morgan fingerprint density at radius 3 is 2.63 bits per heavy atom. The van der Waals surface area contributed by atoms with Crippen LogP contribution in [0.2, 0.25) is 0 Å². The van der Waals surface area contributed by atoms with Crippen LogP contribution in [0.25, 0.3) is 0 Å². The molecule has 2 aromatic rings. The summed E-state index contributed by atoms with van der Waals surface area (Å²) < 4.78 is 46.2. The number of hydrogen-bond donors (Lipinski definition) is 0. The molecular formula is C19H23F3N4O. The zero-order chi connectivity index (χ0) is 18.9. The van der Waals surface area contributed by atoms with Gasteiger partial charge in [0.15, 0.2) is 0 Å². The summed E-state index contributed by atoms with van der Waals surface area (Å²) in [5, 5.41) is 8.67. The summed E-state index contributed by atoms with van der Waals surface area (Å²) in [4.78, 5) is 2.31. The number of alkyl halides is 3. The van der Waals surface area contributed by atoms with Crippen LogP contribution in [-0.2, 0) is 30.4 Å². The summed E-state index contributed by atoms with van der Waals surface area (Å²) in [6, 6.07) is 5.70. The van der Waals surface area contributed by atoms with E-state index in [-0.39, 0.29) is 6.04 Å². The highest BCUT2D eigenvalue weighted by Crippen LogP contribution is 2.35. The van der Waals surface area contributed by atoms with Gasteiger partial charge in [0.25, 0.3) is 0 Å². The molecule has 146 valence electrons. The van der Waals surface area contributed by atoms with Crippen molar-refractivity contribution in [2.24, 2.45) is 0 Å². The Balaban J connectivity index is 1.54. The highest BCUT2D eigenvalue weighted by Gasteiger charge is 2.31. The van der Waals surface area contributed by atoms with Crippen molar-refractivity contribution < 1.29 is 17.9 Å². The average Bonchev–Trinajstić information content (AvgIpc) is 2.88. The lowest BCUT2D eigenvalue weighted by Crippen LogP contribution is -2.34. The van der Waals surface area contributed by atoms with E-state index in [1.54, 1.807) is 12.1 Å². The molecule has 4 rings (SSSR count). The van der Waals surface area contributed by atoms with Crippen molar-refractivity contribution in [2.75, 3.05) is 19.8 Å². The van der Waals surface area contributed by atoms with E-state index < -0.39 is 11.7 Å². The van der Waals surface area contributed by atoms with Crippen LogP contribution in [-0.4, -0.2) is 39.4 Å². The van der Waals surface area contributed by atoms with E-state index in [9.17, 15) is 13.2 Å². The highest BCUT2D eigenvalue weighted by molar-refractivity contribution is 5.27. The number of halogens is 3. The SMILES string of the molecule is FC(F)(F)c1ccc(C2CCCCN2Cc2nnc3n2CCOCC3)cc1. The van der Waals surface area contributed by atoms with Crippen molar-refractivity contribution >= 4 is 0 Å². The minimum absolute atomic E-state index is 0.107. The average molecular weight is 380 g/mol. The van der Waals surface area contributed by atoms with Gasteiger partial charge in [0, 0.05) is 19.0 Å². The number of likely N-dealkylation sites (tertiary alicyclic amines) is 1. The van der Waals surface area contributed by atoms with Crippen LogP contribution in [0.15, 0.2) is 24.3 Å². The number of piperidine rings is 1. The Kier molecular flexibility index (Phi) is 5.19. The van der Waals surface area contributed by atoms with E-state index >= 15 is 0 Å². The molecule has 0 spiro atoms. The van der Waals surface area contributed by atoms with Crippen LogP contribution in [0, 0.1) is 0 Å². The number of rotatable bonds is 3. The Bertz CT molecular complexity index is 772. The second-order valence-electron chi connectivity index (χ2n) is 7.15. The molecule has 2 aliphatic rings. The molecule has 0 aliphatic carbocycles. The van der Waals surface area contributed by atoms with Gasteiger partial charge in [-0.05, 0) is 37.1 Å². The van der Waals surface area contributed by atoms with Crippen LogP contribution in [0.4, 0.5) is 13.2 Å². The fraction of sp³-hybridized carbons (Fsp3) is 0.579. The van der Waals surface area contributed by atoms with E-state index in [2.05, 4.69) is 19.7 Å². The predicted molar refractivity (Wildman–Crippen MR) is 93.0 cm³/mol. The standard InChI is InChI=1S/C19H23F3N4O/c20-19(21,22)15-6-4-14(5-7-15)16-3-1-2-9-25(16)13-18-24-23-17-8-11-27-12-10-26(17)18/h4-7,16H,1-3,8-13H2. The number of benzene rings is 1. The Morgan fingerprint density at radius 2 is 1.85 bits per heavy atom. The van der Waals surface area contributed by atoms with E-state index in [1.807, 2.05) is 0 Å². The summed E-state index contributed by atoms with van der Waals surface area (Å²) in [5.74, 6) is 1.86. The maximum absolute atomic E-state index is 12.8. The third-order valence-electron chi connectivity index (χ3n) is 5.41. The molecular weight excluding hydrogens is 357 g/mol. The fourth-order valence-electron chi connectivity index (χ4n) is 3.99. The lowest BCUT2D eigenvalue weighted by molar-refractivity contribution is -0.137. The van der Waals surface area contributed by atoms with Gasteiger partial charge in [-0.15, -0.1) is 10.2 Å². The van der Waals surface area contributed by atoms with E-state index in [0.717, 1.165) is 56.0 Å². The van der Waals surface area contributed by atoms with E-state index in [0.29, 0.717) is 19.8 Å². The van der Waals surface area contributed by atoms with E-state index in [1.165, 1.54) is 12.1 Å². The van der Waals surface area contributed by atoms with Crippen LogP contribution >= 0.6 is 0 Å². The molecule has 1 atom stereocenters. The molecule has 0 saturated carbocycles. The van der Waals surface area contributed by atoms with Crippen molar-refractivity contribution in [3.05, 3.63) is 47.0 Å². The highest BCUT2D eigenvalue weighted by atomic mass is 19.4. The van der Waals surface area contributed by atoms with Crippen molar-refractivity contribution in [1.29, 1.82) is 0 Å². The normalized spacial score (nSPS) is 21.7. The number of nitrogens with zero attached hydrogens (tertiary/aromatic N) is 4. The third-order valence-corrected chi connectivity index (χ3v) is 5.41. The van der Waals surface area contributed by atoms with Gasteiger partial charge in [-0.25, -0.2) is 0 Å². The Hall–Kier alpha value is -1.93. The maximum atomic E-state index is 12.8. The van der Waals surface area contributed by atoms with Crippen molar-refractivity contribution in [3.63, 3.8) is 0 Å². The topological polar surface area (TPSA) is 43.2 Å². The quantitative estimate of drug-likeness (QED) is 0.816. The summed E-state index contributed by atoms with van der Waals surface area (Å²) in [6.07, 6.45) is -0.439. The minimum atomic E-state index is -4.30. The van der Waals surface area contributed by atoms with Crippen LogP contribution in [0.5, 0.6) is 0 Å². The molecule has 0 bridgehead atoms. The minimum Gasteiger partial charge on any atom is -0.379 e. The summed E-state index contributed by atoms with van der Waals surface area (Å²) in [6.45, 7) is 3.62. The molecule has 1 fully saturated rings. The molecule has 27 heavy (non-hydrogen) atoms. The fourth-order valence-corrected chi connectivity index (χ4v) is 3.99. The maximum Gasteiger partial charge on any atom is 0.416 e. The molecule has 1 saturated heterocycles. The van der Waals surface area contributed by atoms with Gasteiger partial charge in [0.1, 0.15) is 11.6 Å². The molecule has 0 amide bonds. The summed E-state index contributed by atoms with van der Waals surface area (Å²) in [7, 11) is 0. The van der Waals surface area contributed by atoms with Crippen LogP contribution in [0.1, 0.15) is 48.1 Å². The van der Waals surface area contributed by atoms with Gasteiger partial charge in [-0.2, -0.15) is 13.2 Å². The largest absolute Gasteiger partial charge is 0.416 e. The van der Waals surface area contributed by atoms with Crippen molar-refractivity contribution in [1.82, 2.24) is 19.7 Å². The van der Waals surface area contributed by atoms with Crippen molar-refractivity contribution in [3.8, 4) is 0 Å². The van der Waals surface area contributed by atoms with E-state index in [4.69, 9.17) is 4.74 Å². The predicted octanol–water partition coefficient (Wildman–Crippen LogP) is 3.60. The third kappa shape index (κ3) is 4.01. The molecule has 1 aromatic heterocycles. The lowest BCUT2D eigenvalue weighted by Gasteiger charge is -2.35. The molecule has 5 nitrogen and oxygen atoms in total. The first-order valence-corrected chi connectivity index (χ1v) is 9.42. The zero-order valence-electron chi connectivity index (χ0n) is 15.1. The molecule has 2 aliphatic heterocycles. The van der Waals surface area contributed by atoms with Gasteiger partial charge >= 0.3 is 6.18 Å². The molecule has 1 unspecified atom stereocenters. The summed E-state index contributed by atoms with van der Waals surface area (Å²) >= 11 is 0. The van der Waals surface area contributed by atoms with Gasteiger partial charge in [-0.1, -0.05) is 18.6 Å². The van der Waals surface area contributed by atoms with Gasteiger partial charge < -0.3 is 9.30 Å². The first-order chi connectivity index (χ1) is 13.0. The zero-order valence-corrected chi connectivity index (χ0v) is 15.1. The smallest absolute Gasteiger partial charge is 0.379 e. The lowest BCUT2D eigenvalue weighted by atomic mass is 9.94. The number of ether oxygens (including phenoxy) is 1. The summed E-state index contributed by atoms with van der Waals surface area (Å²) in [5.41, 5.74) is 0.332. The number of hydrogen-bond acceptors (Lipinski definition) is 4. The van der Waals surface area contributed by atoms with Gasteiger partial charge in [0.05, 0.1) is 25.3 Å². The Labute approximate surface area is 156 Å². The second-order valence-corrected chi connectivity index (χ2v) is 7.15. The Morgan fingerprint density at radius 1 is 1.04 bits per heavy atom. The van der Waals surface area contributed by atoms with Crippen LogP contribution in [0.3, 0.4) is 0 Å². The van der Waals surface area contributed by atoms with Gasteiger partial charge in [-0.3, -0.25) is 4.90 Å². The molecule has 8 heteroatoms.